The third kappa shape index (κ3) is 3.62. The fourth-order valence-corrected chi connectivity index (χ4v) is 3.52. The van der Waals surface area contributed by atoms with Crippen LogP contribution in [0.3, 0.4) is 0 Å². The van der Waals surface area contributed by atoms with Gasteiger partial charge in [-0.15, -0.1) is 0 Å². The first kappa shape index (κ1) is 17.3. The Morgan fingerprint density at radius 3 is 2.08 bits per heavy atom. The van der Waals surface area contributed by atoms with Crippen molar-refractivity contribution in [2.24, 2.45) is 0 Å². The summed E-state index contributed by atoms with van der Waals surface area (Å²) in [6.07, 6.45) is 0. The normalized spacial score (nSPS) is 11.3. The number of carbonyl (C=O) groups is 1. The monoisotopic (exact) mass is 352 g/mol. The molecule has 0 fully saturated rings. The molecule has 3 rings (SSSR count). The van der Waals surface area contributed by atoms with Crippen LogP contribution in [0.15, 0.2) is 72.8 Å². The van der Waals surface area contributed by atoms with Gasteiger partial charge in [0.25, 0.3) is 0 Å². The van der Waals surface area contributed by atoms with Crippen molar-refractivity contribution in [3.05, 3.63) is 89.5 Å². The van der Waals surface area contributed by atoms with Gasteiger partial charge in [0.05, 0.1) is 5.30 Å². The minimum Gasteiger partial charge on any atom is -0.321 e. The minimum atomic E-state index is -4.61. The van der Waals surface area contributed by atoms with Crippen molar-refractivity contribution in [1.29, 1.82) is 0 Å². The van der Waals surface area contributed by atoms with E-state index in [9.17, 15) is 19.1 Å². The van der Waals surface area contributed by atoms with E-state index in [1.54, 1.807) is 36.4 Å². The molecule has 0 aliphatic carbocycles. The standard InChI is InChI=1S/C20H17O4P/c1-14-10-12-16(13-11-14)20(21)19-17(15-6-3-2-4-7-15)8-5-9-18(19)25(22,23)24/h2-13H,1H3,(H2,22,23,24). The maximum Gasteiger partial charge on any atom is 0.356 e. The van der Waals surface area contributed by atoms with Gasteiger partial charge < -0.3 is 9.79 Å². The van der Waals surface area contributed by atoms with Crippen LogP contribution in [0.5, 0.6) is 0 Å². The molecule has 0 heterocycles. The van der Waals surface area contributed by atoms with Gasteiger partial charge in [-0.25, -0.2) is 0 Å². The lowest BCUT2D eigenvalue weighted by Gasteiger charge is -2.15. The van der Waals surface area contributed by atoms with Crippen LogP contribution in [0.1, 0.15) is 21.5 Å². The molecule has 0 aliphatic rings. The van der Waals surface area contributed by atoms with Crippen LogP contribution in [-0.4, -0.2) is 15.6 Å². The highest BCUT2D eigenvalue weighted by molar-refractivity contribution is 7.60. The number of aryl methyl sites for hydroxylation is 1. The molecule has 0 aromatic heterocycles. The molecule has 5 heteroatoms. The van der Waals surface area contributed by atoms with Gasteiger partial charge in [-0.2, -0.15) is 0 Å². The zero-order valence-electron chi connectivity index (χ0n) is 13.6. The van der Waals surface area contributed by atoms with E-state index in [2.05, 4.69) is 0 Å². The van der Waals surface area contributed by atoms with E-state index in [4.69, 9.17) is 0 Å². The van der Waals surface area contributed by atoms with E-state index < -0.39 is 13.4 Å². The largest absolute Gasteiger partial charge is 0.356 e. The topological polar surface area (TPSA) is 74.6 Å². The Labute approximate surface area is 145 Å². The lowest BCUT2D eigenvalue weighted by molar-refractivity contribution is 0.104. The van der Waals surface area contributed by atoms with Crippen LogP contribution < -0.4 is 5.30 Å². The molecule has 0 spiro atoms. The molecule has 3 aromatic carbocycles. The average Bonchev–Trinajstić information content (AvgIpc) is 2.61. The van der Waals surface area contributed by atoms with Gasteiger partial charge in [0.15, 0.2) is 5.78 Å². The third-order valence-electron chi connectivity index (χ3n) is 3.98. The highest BCUT2D eigenvalue weighted by Crippen LogP contribution is 2.38. The smallest absolute Gasteiger partial charge is 0.321 e. The molecule has 0 bridgehead atoms. The summed E-state index contributed by atoms with van der Waals surface area (Å²) in [5.41, 5.74) is 2.68. The molecule has 25 heavy (non-hydrogen) atoms. The molecule has 0 saturated heterocycles. The molecule has 3 aromatic rings. The van der Waals surface area contributed by atoms with Crippen molar-refractivity contribution in [1.82, 2.24) is 0 Å². The fraction of sp³-hybridized carbons (Fsp3) is 0.0500. The average molecular weight is 352 g/mol. The van der Waals surface area contributed by atoms with Crippen LogP contribution in [0.2, 0.25) is 0 Å². The Morgan fingerprint density at radius 1 is 0.840 bits per heavy atom. The first-order chi connectivity index (χ1) is 11.9. The van der Waals surface area contributed by atoms with E-state index in [0.717, 1.165) is 11.1 Å². The van der Waals surface area contributed by atoms with Crippen molar-refractivity contribution >= 4 is 18.7 Å². The molecule has 0 atom stereocenters. The SMILES string of the molecule is Cc1ccc(C(=O)c2c(-c3ccccc3)cccc2P(=O)(O)O)cc1. The van der Waals surface area contributed by atoms with Gasteiger partial charge in [0.1, 0.15) is 0 Å². The van der Waals surface area contributed by atoms with Crippen molar-refractivity contribution in [2.75, 3.05) is 0 Å². The van der Waals surface area contributed by atoms with E-state index in [1.165, 1.54) is 6.07 Å². The van der Waals surface area contributed by atoms with E-state index in [1.807, 2.05) is 37.3 Å². The second-order valence-corrected chi connectivity index (χ2v) is 7.37. The highest BCUT2D eigenvalue weighted by atomic mass is 31.2. The van der Waals surface area contributed by atoms with Crippen molar-refractivity contribution in [2.45, 2.75) is 6.92 Å². The number of hydrogen-bond donors (Lipinski definition) is 2. The summed E-state index contributed by atoms with van der Waals surface area (Å²) >= 11 is 0. The summed E-state index contributed by atoms with van der Waals surface area (Å²) < 4.78 is 12.0. The van der Waals surface area contributed by atoms with Crippen molar-refractivity contribution in [3.63, 3.8) is 0 Å². The van der Waals surface area contributed by atoms with Crippen molar-refractivity contribution < 1.29 is 19.1 Å². The summed E-state index contributed by atoms with van der Waals surface area (Å²) in [6, 6.07) is 20.6. The highest BCUT2D eigenvalue weighted by Gasteiger charge is 2.28. The molecule has 2 N–H and O–H groups in total. The van der Waals surface area contributed by atoms with E-state index in [0.29, 0.717) is 11.1 Å². The maximum absolute atomic E-state index is 13.1. The van der Waals surface area contributed by atoms with Gasteiger partial charge in [0.2, 0.25) is 0 Å². The lowest BCUT2D eigenvalue weighted by Crippen LogP contribution is -2.18. The molecule has 126 valence electrons. The van der Waals surface area contributed by atoms with Crippen molar-refractivity contribution in [3.8, 4) is 11.1 Å². The first-order valence-electron chi connectivity index (χ1n) is 7.74. The zero-order valence-corrected chi connectivity index (χ0v) is 14.5. The molecule has 0 unspecified atom stereocenters. The van der Waals surface area contributed by atoms with Crippen LogP contribution in [0.4, 0.5) is 0 Å². The van der Waals surface area contributed by atoms with Gasteiger partial charge >= 0.3 is 7.60 Å². The Balaban J connectivity index is 2.27. The zero-order chi connectivity index (χ0) is 18.0. The molecular weight excluding hydrogens is 335 g/mol. The van der Waals surface area contributed by atoms with E-state index in [-0.39, 0.29) is 10.9 Å². The summed E-state index contributed by atoms with van der Waals surface area (Å²) in [6.45, 7) is 1.91. The summed E-state index contributed by atoms with van der Waals surface area (Å²) in [5.74, 6) is -0.405. The Hall–Kier alpha value is -2.52. The van der Waals surface area contributed by atoms with Crippen LogP contribution in [0, 0.1) is 6.92 Å². The molecule has 0 radical (unpaired) electrons. The second-order valence-electron chi connectivity index (χ2n) is 5.80. The number of hydrogen-bond acceptors (Lipinski definition) is 2. The second kappa shape index (κ2) is 6.77. The predicted molar refractivity (Wildman–Crippen MR) is 98.2 cm³/mol. The number of ketones is 1. The van der Waals surface area contributed by atoms with Gasteiger partial charge in [-0.05, 0) is 24.1 Å². The van der Waals surface area contributed by atoms with Gasteiger partial charge in [-0.1, -0.05) is 72.3 Å². The predicted octanol–water partition coefficient (Wildman–Crippen LogP) is 3.70. The third-order valence-corrected chi connectivity index (χ3v) is 4.98. The fourth-order valence-electron chi connectivity index (χ4n) is 2.73. The molecule has 4 nitrogen and oxygen atoms in total. The lowest BCUT2D eigenvalue weighted by atomic mass is 9.93. The summed E-state index contributed by atoms with van der Waals surface area (Å²) in [7, 11) is -4.61. The minimum absolute atomic E-state index is 0.0471. The van der Waals surface area contributed by atoms with Crippen LogP contribution >= 0.6 is 7.60 Å². The first-order valence-corrected chi connectivity index (χ1v) is 9.35. The molecule has 0 aliphatic heterocycles. The molecule has 0 amide bonds. The number of rotatable bonds is 4. The molecular formula is C20H17O4P. The number of benzene rings is 3. The van der Waals surface area contributed by atoms with Crippen LogP contribution in [0.25, 0.3) is 11.1 Å². The van der Waals surface area contributed by atoms with E-state index >= 15 is 0 Å². The Kier molecular flexibility index (Phi) is 4.69. The Morgan fingerprint density at radius 2 is 1.48 bits per heavy atom. The quantitative estimate of drug-likeness (QED) is 0.555. The van der Waals surface area contributed by atoms with Crippen LogP contribution in [-0.2, 0) is 4.57 Å². The van der Waals surface area contributed by atoms with Gasteiger partial charge in [-0.3, -0.25) is 9.36 Å². The summed E-state index contributed by atoms with van der Waals surface area (Å²) in [5, 5.41) is -0.251. The van der Waals surface area contributed by atoms with Gasteiger partial charge in [0, 0.05) is 11.1 Å². The molecule has 0 saturated carbocycles. The number of carbonyl (C=O) groups excluding carboxylic acids is 1. The Bertz CT molecular complexity index is 957. The maximum atomic E-state index is 13.1. The summed E-state index contributed by atoms with van der Waals surface area (Å²) in [4.78, 5) is 32.6.